The first-order chi connectivity index (χ1) is 7.74. The number of thioether (sulfide) groups is 1. The van der Waals surface area contributed by atoms with Crippen LogP contribution in [-0.4, -0.2) is 9.97 Å². The molecular formula is C11H13N3OS. The van der Waals surface area contributed by atoms with Crippen molar-refractivity contribution in [2.24, 2.45) is 0 Å². The molecule has 16 heavy (non-hydrogen) atoms. The highest BCUT2D eigenvalue weighted by molar-refractivity contribution is 8.03. The first-order valence-corrected chi connectivity index (χ1v) is 5.96. The van der Waals surface area contributed by atoms with E-state index in [1.54, 1.807) is 18.0 Å². The highest BCUT2D eigenvalue weighted by Gasteiger charge is 2.16. The molecule has 0 spiro atoms. The lowest BCUT2D eigenvalue weighted by atomic mass is 10.3. The van der Waals surface area contributed by atoms with Gasteiger partial charge in [-0.2, -0.15) is 0 Å². The number of rotatable bonds is 2. The largest absolute Gasteiger partial charge is 0.346 e. The van der Waals surface area contributed by atoms with Crippen LogP contribution in [0.2, 0.25) is 0 Å². The van der Waals surface area contributed by atoms with E-state index in [-0.39, 0.29) is 5.69 Å². The van der Waals surface area contributed by atoms with Crippen LogP contribution in [0.1, 0.15) is 20.3 Å². The zero-order chi connectivity index (χ0) is 11.5. The van der Waals surface area contributed by atoms with Gasteiger partial charge >= 0.3 is 5.69 Å². The lowest BCUT2D eigenvalue weighted by molar-refractivity contribution is 1.01. The molecule has 0 fully saturated rings. The second kappa shape index (κ2) is 4.57. The van der Waals surface area contributed by atoms with E-state index >= 15 is 0 Å². The molecule has 2 rings (SSSR count). The number of aromatic amines is 1. The molecule has 0 bridgehead atoms. The zero-order valence-electron chi connectivity index (χ0n) is 9.20. The molecule has 0 amide bonds. The Hall–Kier alpha value is -1.49. The Labute approximate surface area is 97.9 Å². The molecular weight excluding hydrogens is 222 g/mol. The minimum absolute atomic E-state index is 0.327. The SMILES string of the molecule is C/C=C\C1=C(CC)Sc2cnc(=O)[nH]c2N1. The summed E-state index contributed by atoms with van der Waals surface area (Å²) in [5.41, 5.74) is 0.718. The van der Waals surface area contributed by atoms with Crippen LogP contribution in [0.5, 0.6) is 0 Å². The van der Waals surface area contributed by atoms with E-state index in [9.17, 15) is 4.79 Å². The molecule has 0 atom stereocenters. The lowest BCUT2D eigenvalue weighted by Crippen LogP contribution is -2.16. The maximum Gasteiger partial charge on any atom is 0.346 e. The summed E-state index contributed by atoms with van der Waals surface area (Å²) in [4.78, 5) is 19.7. The summed E-state index contributed by atoms with van der Waals surface area (Å²) in [5, 5.41) is 3.22. The number of nitrogens with zero attached hydrogens (tertiary/aromatic N) is 1. The van der Waals surface area contributed by atoms with Crippen LogP contribution in [-0.2, 0) is 0 Å². The van der Waals surface area contributed by atoms with Crippen molar-refractivity contribution in [2.45, 2.75) is 25.2 Å². The van der Waals surface area contributed by atoms with Crippen LogP contribution in [0.4, 0.5) is 5.82 Å². The van der Waals surface area contributed by atoms with Gasteiger partial charge in [-0.25, -0.2) is 9.78 Å². The molecule has 2 heterocycles. The van der Waals surface area contributed by atoms with Gasteiger partial charge in [0.15, 0.2) is 0 Å². The van der Waals surface area contributed by atoms with Crippen LogP contribution in [0.3, 0.4) is 0 Å². The second-order valence-electron chi connectivity index (χ2n) is 3.35. The van der Waals surface area contributed by atoms with E-state index < -0.39 is 0 Å². The standard InChI is InChI=1S/C11H13N3OS/c1-3-5-7-8(4-2)16-9-6-12-11(15)14-10(9)13-7/h3,5-6H,4H2,1-2H3,(H2,12,13,14,15)/b5-3-. The molecule has 1 aromatic rings. The van der Waals surface area contributed by atoms with Crippen molar-refractivity contribution in [1.29, 1.82) is 0 Å². The van der Waals surface area contributed by atoms with Crippen LogP contribution < -0.4 is 11.0 Å². The molecule has 5 heteroatoms. The van der Waals surface area contributed by atoms with E-state index in [4.69, 9.17) is 0 Å². The summed E-state index contributed by atoms with van der Waals surface area (Å²) in [6, 6.07) is 0. The average molecular weight is 235 g/mol. The van der Waals surface area contributed by atoms with Gasteiger partial charge < -0.3 is 5.32 Å². The first-order valence-electron chi connectivity index (χ1n) is 5.14. The molecule has 4 nitrogen and oxygen atoms in total. The molecule has 84 valence electrons. The summed E-state index contributed by atoms with van der Waals surface area (Å²) < 4.78 is 0. The van der Waals surface area contributed by atoms with E-state index in [0.717, 1.165) is 22.8 Å². The summed E-state index contributed by atoms with van der Waals surface area (Å²) in [6.45, 7) is 4.08. The minimum Gasteiger partial charge on any atom is -0.340 e. The third-order valence-corrected chi connectivity index (χ3v) is 3.51. The maximum absolute atomic E-state index is 11.1. The molecule has 0 saturated heterocycles. The average Bonchev–Trinajstić information content (AvgIpc) is 2.28. The van der Waals surface area contributed by atoms with Gasteiger partial charge in [0.1, 0.15) is 5.82 Å². The van der Waals surface area contributed by atoms with E-state index in [2.05, 4.69) is 22.2 Å². The fraction of sp³-hybridized carbons (Fsp3) is 0.273. The normalized spacial score (nSPS) is 15.1. The molecule has 0 aromatic carbocycles. The van der Waals surface area contributed by atoms with E-state index in [0.29, 0.717) is 0 Å². The number of hydrogen-bond donors (Lipinski definition) is 2. The van der Waals surface area contributed by atoms with Gasteiger partial charge in [-0.05, 0) is 19.4 Å². The Kier molecular flexibility index (Phi) is 3.14. The zero-order valence-corrected chi connectivity index (χ0v) is 10.0. The van der Waals surface area contributed by atoms with E-state index in [1.807, 2.05) is 19.1 Å². The van der Waals surface area contributed by atoms with Gasteiger partial charge in [-0.1, -0.05) is 24.8 Å². The van der Waals surface area contributed by atoms with Crippen molar-refractivity contribution in [2.75, 3.05) is 5.32 Å². The monoisotopic (exact) mass is 235 g/mol. The predicted molar refractivity (Wildman–Crippen MR) is 66.5 cm³/mol. The number of hydrogen-bond acceptors (Lipinski definition) is 4. The highest BCUT2D eigenvalue weighted by atomic mass is 32.2. The summed E-state index contributed by atoms with van der Waals surface area (Å²) >= 11 is 1.65. The summed E-state index contributed by atoms with van der Waals surface area (Å²) in [6.07, 6.45) is 6.54. The number of allylic oxidation sites excluding steroid dienone is 3. The fourth-order valence-corrected chi connectivity index (χ4v) is 2.46. The quantitative estimate of drug-likeness (QED) is 0.826. The van der Waals surface area contributed by atoms with Gasteiger partial charge in [0.05, 0.1) is 11.1 Å². The summed E-state index contributed by atoms with van der Waals surface area (Å²) in [5.74, 6) is 0.732. The molecule has 1 aromatic heterocycles. The van der Waals surface area contributed by atoms with Gasteiger partial charge in [-0.15, -0.1) is 0 Å². The van der Waals surface area contributed by atoms with Crippen LogP contribution in [0, 0.1) is 0 Å². The number of aromatic nitrogens is 2. The van der Waals surface area contributed by atoms with Gasteiger partial charge in [0, 0.05) is 10.6 Å². The van der Waals surface area contributed by atoms with Gasteiger partial charge in [-0.3, -0.25) is 4.98 Å². The topological polar surface area (TPSA) is 57.8 Å². The van der Waals surface area contributed by atoms with Crippen LogP contribution in [0.15, 0.2) is 38.6 Å². The molecule has 0 saturated carbocycles. The second-order valence-corrected chi connectivity index (χ2v) is 4.48. The van der Waals surface area contributed by atoms with Crippen molar-refractivity contribution < 1.29 is 0 Å². The molecule has 0 aliphatic carbocycles. The summed E-state index contributed by atoms with van der Waals surface area (Å²) in [7, 11) is 0. The molecule has 0 unspecified atom stereocenters. The number of H-pyrrole nitrogens is 1. The van der Waals surface area contributed by atoms with Crippen molar-refractivity contribution in [1.82, 2.24) is 9.97 Å². The van der Waals surface area contributed by atoms with E-state index in [1.165, 1.54) is 4.91 Å². The number of nitrogens with one attached hydrogen (secondary N) is 2. The van der Waals surface area contributed by atoms with Crippen molar-refractivity contribution in [3.8, 4) is 0 Å². The van der Waals surface area contributed by atoms with Crippen molar-refractivity contribution in [3.63, 3.8) is 0 Å². The molecule has 1 aliphatic rings. The molecule has 0 radical (unpaired) electrons. The predicted octanol–water partition coefficient (Wildman–Crippen LogP) is 2.49. The van der Waals surface area contributed by atoms with Crippen LogP contribution in [0.25, 0.3) is 0 Å². The molecule has 2 N–H and O–H groups in total. The number of anilines is 1. The van der Waals surface area contributed by atoms with Crippen LogP contribution >= 0.6 is 11.8 Å². The fourth-order valence-electron chi connectivity index (χ4n) is 1.51. The molecule has 1 aliphatic heterocycles. The maximum atomic E-state index is 11.1. The van der Waals surface area contributed by atoms with Crippen molar-refractivity contribution >= 4 is 17.6 Å². The Bertz CT molecular complexity index is 516. The smallest absolute Gasteiger partial charge is 0.340 e. The minimum atomic E-state index is -0.327. The Morgan fingerprint density at radius 1 is 1.56 bits per heavy atom. The Morgan fingerprint density at radius 2 is 2.38 bits per heavy atom. The number of fused-ring (bicyclic) bond motifs is 1. The third-order valence-electron chi connectivity index (χ3n) is 2.23. The highest BCUT2D eigenvalue weighted by Crippen LogP contribution is 2.39. The first kappa shape index (κ1) is 11.0. The Balaban J connectivity index is 2.43. The van der Waals surface area contributed by atoms with Crippen molar-refractivity contribution in [3.05, 3.63) is 39.4 Å². The van der Waals surface area contributed by atoms with Gasteiger partial charge in [0.2, 0.25) is 0 Å². The third kappa shape index (κ3) is 2.04. The lowest BCUT2D eigenvalue weighted by Gasteiger charge is -2.20. The Morgan fingerprint density at radius 3 is 3.06 bits per heavy atom. The van der Waals surface area contributed by atoms with Gasteiger partial charge in [0.25, 0.3) is 0 Å².